The Hall–Kier alpha value is -3.78. The number of carbonyl (C=O) groups excluding carboxylic acids is 1. The van der Waals surface area contributed by atoms with Crippen LogP contribution in [0.15, 0.2) is 12.3 Å². The smallest absolute Gasteiger partial charge is 0.389 e. The Morgan fingerprint density at radius 1 is 1.31 bits per heavy atom. The SMILES string of the molecule is CCc1nc(C(=O)NCC2(C#N)CCC(C)CC2)c(C#N)n1-c1ncc(CCC(F)(F)F)cc1OC.O=S=O. The van der Waals surface area contributed by atoms with Gasteiger partial charge in [-0.3, -0.25) is 9.36 Å². The molecule has 0 atom stereocenters. The number of amides is 1. The summed E-state index contributed by atoms with van der Waals surface area (Å²) in [5, 5.41) is 22.5. The van der Waals surface area contributed by atoms with Gasteiger partial charge < -0.3 is 10.1 Å². The predicted octanol–water partition coefficient (Wildman–Crippen LogP) is 3.98. The molecule has 2 aromatic rings. The first-order chi connectivity index (χ1) is 18.5. The van der Waals surface area contributed by atoms with E-state index in [-0.39, 0.29) is 35.9 Å². The summed E-state index contributed by atoms with van der Waals surface area (Å²) in [7, 11) is 1.35. The number of nitrogens with one attached hydrogen (secondary N) is 1. The minimum Gasteiger partial charge on any atom is -0.493 e. The fourth-order valence-corrected chi connectivity index (χ4v) is 4.39. The molecule has 10 nitrogen and oxygen atoms in total. The van der Waals surface area contributed by atoms with Crippen LogP contribution in [0.2, 0.25) is 0 Å². The number of imidazole rings is 1. The molecule has 2 heterocycles. The van der Waals surface area contributed by atoms with E-state index in [0.29, 0.717) is 36.6 Å². The summed E-state index contributed by atoms with van der Waals surface area (Å²) in [4.78, 5) is 21.7. The largest absolute Gasteiger partial charge is 0.493 e. The minimum atomic E-state index is -4.30. The summed E-state index contributed by atoms with van der Waals surface area (Å²) in [6, 6.07) is 5.81. The van der Waals surface area contributed by atoms with Gasteiger partial charge >= 0.3 is 17.7 Å². The van der Waals surface area contributed by atoms with E-state index >= 15 is 0 Å². The molecule has 1 aliphatic rings. The molecule has 0 spiro atoms. The Labute approximate surface area is 227 Å². The van der Waals surface area contributed by atoms with Crippen molar-refractivity contribution < 1.29 is 31.1 Å². The maximum atomic E-state index is 13.1. The number of nitrogens with zero attached hydrogens (tertiary/aromatic N) is 5. The molecular formula is C25H29F3N6O4S. The third-order valence-corrected chi connectivity index (χ3v) is 6.66. The van der Waals surface area contributed by atoms with Crippen molar-refractivity contribution in [3.05, 3.63) is 35.0 Å². The van der Waals surface area contributed by atoms with Crippen LogP contribution in [0.1, 0.15) is 73.5 Å². The number of rotatable bonds is 8. The quantitative estimate of drug-likeness (QED) is 0.504. The van der Waals surface area contributed by atoms with Crippen LogP contribution >= 0.6 is 0 Å². The number of hydrogen-bond donors (Lipinski definition) is 1. The molecule has 0 aromatic carbocycles. The second kappa shape index (κ2) is 13.8. The molecular weight excluding hydrogens is 537 g/mol. The van der Waals surface area contributed by atoms with Crippen molar-refractivity contribution in [2.75, 3.05) is 13.7 Å². The van der Waals surface area contributed by atoms with Gasteiger partial charge in [0.1, 0.15) is 11.9 Å². The number of nitriles is 2. The number of aryl methyl sites for hydroxylation is 2. The van der Waals surface area contributed by atoms with Crippen LogP contribution in [0.4, 0.5) is 13.2 Å². The average Bonchev–Trinajstić information content (AvgIpc) is 3.30. The van der Waals surface area contributed by atoms with Crippen LogP contribution in [0.25, 0.3) is 5.82 Å². The van der Waals surface area contributed by atoms with Crippen molar-refractivity contribution in [1.29, 1.82) is 10.5 Å². The zero-order chi connectivity index (χ0) is 29.2. The van der Waals surface area contributed by atoms with E-state index in [4.69, 9.17) is 13.2 Å². The Kier molecular flexibility index (Phi) is 11.2. The van der Waals surface area contributed by atoms with Crippen molar-refractivity contribution in [3.63, 3.8) is 0 Å². The fraction of sp³-hybridized carbons (Fsp3) is 0.560. The third-order valence-electron chi connectivity index (χ3n) is 6.66. The minimum absolute atomic E-state index is 0.0681. The highest BCUT2D eigenvalue weighted by atomic mass is 32.1. The van der Waals surface area contributed by atoms with Crippen LogP contribution in [-0.2, 0) is 24.4 Å². The second-order valence-electron chi connectivity index (χ2n) is 9.34. The number of aromatic nitrogens is 3. The van der Waals surface area contributed by atoms with Crippen LogP contribution in [0.3, 0.4) is 0 Å². The number of hydrogen-bond acceptors (Lipinski definition) is 8. The first-order valence-electron chi connectivity index (χ1n) is 12.2. The van der Waals surface area contributed by atoms with Crippen molar-refractivity contribution in [3.8, 4) is 23.7 Å². The summed E-state index contributed by atoms with van der Waals surface area (Å²) in [5.41, 5.74) is -0.494. The molecule has 0 aliphatic heterocycles. The lowest BCUT2D eigenvalue weighted by atomic mass is 9.72. The fourth-order valence-electron chi connectivity index (χ4n) is 4.39. The van der Waals surface area contributed by atoms with Crippen LogP contribution in [0.5, 0.6) is 5.75 Å². The molecule has 1 fully saturated rings. The van der Waals surface area contributed by atoms with Gasteiger partial charge in [-0.25, -0.2) is 9.97 Å². The Balaban J connectivity index is 0.00000170. The molecule has 14 heteroatoms. The lowest BCUT2D eigenvalue weighted by Crippen LogP contribution is -2.39. The maximum absolute atomic E-state index is 13.1. The van der Waals surface area contributed by atoms with Crippen LogP contribution in [0, 0.1) is 34.0 Å². The molecule has 1 amide bonds. The molecule has 1 N–H and O–H groups in total. The van der Waals surface area contributed by atoms with E-state index in [2.05, 4.69) is 28.3 Å². The van der Waals surface area contributed by atoms with E-state index in [1.807, 2.05) is 6.07 Å². The molecule has 0 bridgehead atoms. The highest BCUT2D eigenvalue weighted by Crippen LogP contribution is 2.38. The van der Waals surface area contributed by atoms with E-state index in [0.717, 1.165) is 12.8 Å². The monoisotopic (exact) mass is 566 g/mol. The number of ether oxygens (including phenoxy) is 1. The second-order valence-corrected chi connectivity index (χ2v) is 9.47. The molecule has 0 saturated heterocycles. The molecule has 39 heavy (non-hydrogen) atoms. The van der Waals surface area contributed by atoms with Gasteiger partial charge in [-0.05, 0) is 49.7 Å². The van der Waals surface area contributed by atoms with Crippen molar-refractivity contribution in [2.24, 2.45) is 11.3 Å². The van der Waals surface area contributed by atoms with Gasteiger partial charge in [0.25, 0.3) is 5.91 Å². The summed E-state index contributed by atoms with van der Waals surface area (Å²) in [6.07, 6.45) is -0.735. The highest BCUT2D eigenvalue weighted by Gasteiger charge is 2.35. The lowest BCUT2D eigenvalue weighted by Gasteiger charge is -2.33. The topological polar surface area (TPSA) is 151 Å². The first kappa shape index (κ1) is 31.4. The van der Waals surface area contributed by atoms with Crippen molar-refractivity contribution in [2.45, 2.75) is 65.0 Å². The van der Waals surface area contributed by atoms with Crippen LogP contribution < -0.4 is 10.1 Å². The number of halogens is 3. The van der Waals surface area contributed by atoms with Gasteiger partial charge in [-0.2, -0.15) is 32.1 Å². The van der Waals surface area contributed by atoms with Gasteiger partial charge in [-0.1, -0.05) is 13.8 Å². The number of pyridine rings is 1. The Bertz CT molecular complexity index is 1280. The first-order valence-corrected chi connectivity index (χ1v) is 12.9. The maximum Gasteiger partial charge on any atom is 0.389 e. The third kappa shape index (κ3) is 8.10. The molecule has 1 saturated carbocycles. The number of methoxy groups -OCH3 is 1. The van der Waals surface area contributed by atoms with E-state index < -0.39 is 35.5 Å². The van der Waals surface area contributed by atoms with Gasteiger partial charge in [0, 0.05) is 25.6 Å². The van der Waals surface area contributed by atoms with E-state index in [9.17, 15) is 28.5 Å². The van der Waals surface area contributed by atoms with Gasteiger partial charge in [0.2, 0.25) is 0 Å². The van der Waals surface area contributed by atoms with Gasteiger partial charge in [0.15, 0.2) is 23.0 Å². The molecule has 1 aliphatic carbocycles. The average molecular weight is 567 g/mol. The summed E-state index contributed by atoms with van der Waals surface area (Å²) in [5.74, 6) is 0.645. The predicted molar refractivity (Wildman–Crippen MR) is 133 cm³/mol. The highest BCUT2D eigenvalue weighted by molar-refractivity contribution is 7.51. The van der Waals surface area contributed by atoms with Crippen LogP contribution in [-0.4, -0.2) is 48.7 Å². The number of alkyl halides is 3. The standard InChI is InChI=1S/C25H29F3N6O2.O2S/c1-4-20-33-21(23(35)32-15-24(14-30)8-5-16(2)6-9-24)18(12-29)34(20)22-19(36-3)11-17(13-31-22)7-10-25(26,27)28;1-3-2/h11,13,16H,4-10,15H2,1-3H3,(H,32,35);. The summed E-state index contributed by atoms with van der Waals surface area (Å²) < 4.78 is 61.2. The lowest BCUT2D eigenvalue weighted by molar-refractivity contribution is -0.134. The number of carbonyl (C=O) groups is 1. The summed E-state index contributed by atoms with van der Waals surface area (Å²) in [6.45, 7) is 4.09. The molecule has 0 radical (unpaired) electrons. The molecule has 210 valence electrons. The molecule has 3 rings (SSSR count). The Morgan fingerprint density at radius 3 is 2.46 bits per heavy atom. The molecule has 2 aromatic heterocycles. The zero-order valence-electron chi connectivity index (χ0n) is 21.8. The van der Waals surface area contributed by atoms with E-state index in [1.165, 1.54) is 23.9 Å². The van der Waals surface area contributed by atoms with Crippen molar-refractivity contribution >= 4 is 17.5 Å². The molecule has 0 unspecified atom stereocenters. The van der Waals surface area contributed by atoms with Gasteiger partial charge in [0.05, 0.1) is 18.6 Å². The van der Waals surface area contributed by atoms with Crippen molar-refractivity contribution in [1.82, 2.24) is 19.9 Å². The van der Waals surface area contributed by atoms with E-state index in [1.54, 1.807) is 6.92 Å². The Morgan fingerprint density at radius 2 is 1.95 bits per heavy atom. The summed E-state index contributed by atoms with van der Waals surface area (Å²) >= 11 is -0.750. The van der Waals surface area contributed by atoms with Gasteiger partial charge in [-0.15, -0.1) is 0 Å². The normalized spacial score (nSPS) is 18.6. The zero-order valence-corrected chi connectivity index (χ0v) is 22.6.